The van der Waals surface area contributed by atoms with E-state index in [1.165, 1.54) is 117 Å². The Morgan fingerprint density at radius 3 is 1.21 bits per heavy atom. The maximum absolute atomic E-state index is 2.56. The molecule has 0 N–H and O–H groups in total. The van der Waals surface area contributed by atoms with Crippen LogP contribution in [0.5, 0.6) is 0 Å². The molecule has 2 aliphatic heterocycles. The van der Waals surface area contributed by atoms with Gasteiger partial charge in [-0.25, -0.2) is 0 Å². The fourth-order valence-electron chi connectivity index (χ4n) is 11.6. The van der Waals surface area contributed by atoms with Crippen LogP contribution in [0.4, 0.5) is 34.1 Å². The van der Waals surface area contributed by atoms with Crippen molar-refractivity contribution in [2.75, 3.05) is 9.80 Å². The lowest BCUT2D eigenvalue weighted by molar-refractivity contribution is 0.506. The normalized spacial score (nSPS) is 15.2. The summed E-state index contributed by atoms with van der Waals surface area (Å²) in [7, 11) is -3.97. The summed E-state index contributed by atoms with van der Waals surface area (Å²) < 4.78 is 5.29. The third-order valence-electron chi connectivity index (χ3n) is 16.6. The average Bonchev–Trinajstić information content (AvgIpc) is 3.92. The first-order valence-electron chi connectivity index (χ1n) is 24.6. The molecule has 0 saturated heterocycles. The van der Waals surface area contributed by atoms with Gasteiger partial charge in [-0.15, -0.1) is 22.7 Å². The largest absolute Gasteiger partial charge is 0.311 e. The minimum absolute atomic E-state index is 0.125. The molecule has 0 amide bonds. The number of para-hydroxylation sites is 2. The van der Waals surface area contributed by atoms with Crippen molar-refractivity contribution in [3.8, 4) is 11.1 Å². The molecule has 0 saturated carbocycles. The van der Waals surface area contributed by atoms with E-state index in [0.717, 1.165) is 12.8 Å². The molecular weight excluding hydrogens is 893 g/mol. The van der Waals surface area contributed by atoms with Crippen molar-refractivity contribution in [1.82, 2.24) is 0 Å². The minimum atomic E-state index is -1.98. The first-order valence-corrected chi connectivity index (χ1v) is 32.3. The van der Waals surface area contributed by atoms with Crippen LogP contribution >= 0.6 is 22.7 Å². The van der Waals surface area contributed by atoms with Gasteiger partial charge in [-0.2, -0.15) is 0 Å². The maximum Gasteiger partial charge on any atom is 0.117 e. The van der Waals surface area contributed by atoms with Gasteiger partial charge in [0.25, 0.3) is 0 Å². The van der Waals surface area contributed by atoms with Crippen molar-refractivity contribution in [3.63, 3.8) is 0 Å². The topological polar surface area (TPSA) is 6.48 Å². The van der Waals surface area contributed by atoms with Crippen molar-refractivity contribution in [2.45, 2.75) is 91.4 Å². The van der Waals surface area contributed by atoms with Crippen molar-refractivity contribution in [2.24, 2.45) is 0 Å². The highest BCUT2D eigenvalue weighted by Gasteiger charge is 2.41. The van der Waals surface area contributed by atoms with Gasteiger partial charge in [-0.05, 0) is 127 Å². The summed E-state index contributed by atoms with van der Waals surface area (Å²) in [5.41, 5.74) is 13.5. The van der Waals surface area contributed by atoms with Crippen LogP contribution in [0.2, 0.25) is 26.2 Å². The Bertz CT molecular complexity index is 3460. The van der Waals surface area contributed by atoms with Crippen LogP contribution in [-0.2, 0) is 10.8 Å². The molecule has 2 nitrogen and oxygen atoms in total. The molecule has 68 heavy (non-hydrogen) atoms. The Balaban J connectivity index is 0.982. The van der Waals surface area contributed by atoms with Gasteiger partial charge in [0.1, 0.15) is 16.1 Å². The SMILES string of the molecule is CCC(C)(C)c1ccc2c(c1)[Si](C)(C)c1ccccc1N2c1ccc2c(c1)sc1cccc(-c3cccc4sc5cc(N6c7ccccc7[Si](C)(C)c7cc(C(C)(C)CC)ccc76)ccc5c34)c12. The Morgan fingerprint density at radius 2 is 0.794 bits per heavy atom. The van der Waals surface area contributed by atoms with Crippen molar-refractivity contribution in [3.05, 3.63) is 169 Å². The molecule has 2 aliphatic rings. The zero-order valence-corrected chi connectivity index (χ0v) is 44.8. The number of thiophene rings is 2. The molecule has 10 aromatic rings. The summed E-state index contributed by atoms with van der Waals surface area (Å²) in [6, 6.07) is 61.5. The summed E-state index contributed by atoms with van der Waals surface area (Å²) in [5.74, 6) is 0. The summed E-state index contributed by atoms with van der Waals surface area (Å²) in [5, 5.41) is 11.4. The van der Waals surface area contributed by atoms with Crippen LogP contribution in [0.3, 0.4) is 0 Å². The summed E-state index contributed by atoms with van der Waals surface area (Å²) in [6.45, 7) is 24.3. The number of anilines is 6. The van der Waals surface area contributed by atoms with E-state index in [1.807, 2.05) is 22.7 Å². The first-order chi connectivity index (χ1) is 32.6. The van der Waals surface area contributed by atoms with E-state index >= 15 is 0 Å². The molecule has 0 atom stereocenters. The molecule has 0 spiro atoms. The molecule has 12 rings (SSSR count). The standard InChI is InChI=1S/C62H60N2S2Si2/c1-11-61(3,4)39-27-33-49-57(35-39)67(7,8)55-25-15-13-21-47(55)63(49)41-29-31-45-53(37-41)65-51-23-17-19-43(59(45)51)44-20-18-24-52-60(44)46-32-30-42(38-54(46)66-52)64-48-22-14-16-26-56(48)68(9,10)58-36-40(28-34-50(58)64)62(5,6)12-2/h13-38H,11-12H2,1-10H3. The second kappa shape index (κ2) is 15.4. The molecule has 0 fully saturated rings. The lowest BCUT2D eigenvalue weighted by Crippen LogP contribution is -2.58. The highest BCUT2D eigenvalue weighted by Crippen LogP contribution is 2.49. The van der Waals surface area contributed by atoms with Crippen LogP contribution < -0.4 is 30.5 Å². The Labute approximate surface area is 412 Å². The van der Waals surface area contributed by atoms with E-state index in [0.29, 0.717) is 0 Å². The van der Waals surface area contributed by atoms with Gasteiger partial charge in [0, 0.05) is 74.5 Å². The average molecular weight is 953 g/mol. The minimum Gasteiger partial charge on any atom is -0.311 e. The zero-order chi connectivity index (χ0) is 47.1. The quantitative estimate of drug-likeness (QED) is 0.147. The smallest absolute Gasteiger partial charge is 0.117 e. The van der Waals surface area contributed by atoms with E-state index in [1.54, 1.807) is 0 Å². The van der Waals surface area contributed by atoms with Crippen LogP contribution in [0, 0.1) is 0 Å². The number of nitrogens with zero attached hydrogens (tertiary/aromatic N) is 2. The van der Waals surface area contributed by atoms with E-state index in [4.69, 9.17) is 0 Å². The summed E-state index contributed by atoms with van der Waals surface area (Å²) in [4.78, 5) is 5.11. The number of fused-ring (bicyclic) bond motifs is 10. The second-order valence-electron chi connectivity index (χ2n) is 21.8. The van der Waals surface area contributed by atoms with Gasteiger partial charge < -0.3 is 9.80 Å². The van der Waals surface area contributed by atoms with E-state index in [-0.39, 0.29) is 10.8 Å². The first kappa shape index (κ1) is 43.5. The summed E-state index contributed by atoms with van der Waals surface area (Å²) >= 11 is 3.85. The summed E-state index contributed by atoms with van der Waals surface area (Å²) in [6.07, 6.45) is 2.22. The van der Waals surface area contributed by atoms with Crippen LogP contribution in [0.25, 0.3) is 51.5 Å². The molecule has 0 radical (unpaired) electrons. The van der Waals surface area contributed by atoms with Crippen LogP contribution in [0.15, 0.2) is 158 Å². The molecule has 0 aliphatic carbocycles. The van der Waals surface area contributed by atoms with Gasteiger partial charge in [0.15, 0.2) is 0 Å². The molecule has 6 heteroatoms. The van der Waals surface area contributed by atoms with Crippen molar-refractivity contribution >= 4 is 134 Å². The fourth-order valence-corrected chi connectivity index (χ4v) is 19.9. The maximum atomic E-state index is 2.56. The van der Waals surface area contributed by atoms with E-state index < -0.39 is 16.1 Å². The lowest BCUT2D eigenvalue weighted by atomic mass is 9.82. The zero-order valence-electron chi connectivity index (χ0n) is 41.1. The number of benzene rings is 8. The Kier molecular flexibility index (Phi) is 9.83. The number of hydrogen-bond donors (Lipinski definition) is 0. The van der Waals surface area contributed by atoms with Gasteiger partial charge in [0.05, 0.1) is 0 Å². The van der Waals surface area contributed by atoms with Gasteiger partial charge in [-0.3, -0.25) is 0 Å². The third kappa shape index (κ3) is 6.36. The Hall–Kier alpha value is -5.77. The molecular formula is C62H60N2S2Si2. The van der Waals surface area contributed by atoms with Gasteiger partial charge >= 0.3 is 0 Å². The molecule has 8 aromatic carbocycles. The van der Waals surface area contributed by atoms with E-state index in [9.17, 15) is 0 Å². The molecule has 338 valence electrons. The Morgan fingerprint density at radius 1 is 0.397 bits per heavy atom. The number of rotatable bonds is 7. The van der Waals surface area contributed by atoms with Crippen molar-refractivity contribution in [1.29, 1.82) is 0 Å². The van der Waals surface area contributed by atoms with Gasteiger partial charge in [0.2, 0.25) is 0 Å². The lowest BCUT2D eigenvalue weighted by Gasteiger charge is -2.42. The second-order valence-corrected chi connectivity index (χ2v) is 32.6. The van der Waals surface area contributed by atoms with E-state index in [2.05, 4.69) is 235 Å². The fraction of sp³-hybridized carbons (Fsp3) is 0.226. The molecule has 0 unspecified atom stereocenters. The van der Waals surface area contributed by atoms with Crippen LogP contribution in [-0.4, -0.2) is 16.1 Å². The predicted molar refractivity (Wildman–Crippen MR) is 307 cm³/mol. The predicted octanol–water partition coefficient (Wildman–Crippen LogP) is 16.7. The van der Waals surface area contributed by atoms with Crippen LogP contribution in [0.1, 0.15) is 65.5 Å². The highest BCUT2D eigenvalue weighted by atomic mass is 32.1. The molecule has 0 bridgehead atoms. The monoisotopic (exact) mass is 952 g/mol. The molecule has 4 heterocycles. The third-order valence-corrected chi connectivity index (χ3v) is 25.8. The number of hydrogen-bond acceptors (Lipinski definition) is 4. The highest BCUT2D eigenvalue weighted by molar-refractivity contribution is 7.26. The molecule has 2 aromatic heterocycles. The van der Waals surface area contributed by atoms with Gasteiger partial charge in [-0.1, -0.05) is 165 Å². The van der Waals surface area contributed by atoms with Crippen molar-refractivity contribution < 1.29 is 0 Å².